The molecule has 1 aliphatic rings. The van der Waals surface area contributed by atoms with E-state index in [1.165, 1.54) is 6.26 Å². The highest BCUT2D eigenvalue weighted by Gasteiger charge is 2.23. The lowest BCUT2D eigenvalue weighted by atomic mass is 10.2. The first-order valence-corrected chi connectivity index (χ1v) is 7.00. The zero-order valence-corrected chi connectivity index (χ0v) is 10.2. The van der Waals surface area contributed by atoms with Crippen LogP contribution in [0.25, 0.3) is 0 Å². The lowest BCUT2D eigenvalue weighted by Gasteiger charge is -2.31. The number of sulfonamides is 1. The van der Waals surface area contributed by atoms with Crippen LogP contribution in [0.2, 0.25) is 0 Å². The summed E-state index contributed by atoms with van der Waals surface area (Å²) in [6, 6.07) is 2.03. The maximum Gasteiger partial charge on any atom is 0.208 e. The van der Waals surface area contributed by atoms with Gasteiger partial charge in [-0.15, -0.1) is 0 Å². The third kappa shape index (κ3) is 2.60. The quantitative estimate of drug-likeness (QED) is 0.772. The first-order chi connectivity index (χ1) is 7.46. The molecule has 0 spiro atoms. The molecule has 7 heteroatoms. The van der Waals surface area contributed by atoms with E-state index in [2.05, 4.69) is 14.7 Å². The molecule has 0 amide bonds. The average Bonchev–Trinajstić information content (AvgIpc) is 2.60. The molecule has 1 atom stereocenters. The van der Waals surface area contributed by atoms with Crippen LogP contribution in [0.1, 0.15) is 11.7 Å². The Balaban J connectivity index is 2.12. The van der Waals surface area contributed by atoms with Crippen LogP contribution in [0.4, 0.5) is 0 Å². The van der Waals surface area contributed by atoms with Crippen molar-refractivity contribution in [3.05, 3.63) is 18.0 Å². The maximum atomic E-state index is 11.1. The molecule has 0 saturated heterocycles. The van der Waals surface area contributed by atoms with Crippen molar-refractivity contribution >= 4 is 10.0 Å². The summed E-state index contributed by atoms with van der Waals surface area (Å²) in [6.07, 6.45) is 2.92. The van der Waals surface area contributed by atoms with E-state index < -0.39 is 10.0 Å². The van der Waals surface area contributed by atoms with E-state index in [-0.39, 0.29) is 6.04 Å². The SMILES string of the molecule is CN1Cc2ccnn2[C@@H](CNS(C)(=O)=O)C1. The van der Waals surface area contributed by atoms with Gasteiger partial charge in [-0.2, -0.15) is 5.10 Å². The zero-order chi connectivity index (χ0) is 11.8. The summed E-state index contributed by atoms with van der Waals surface area (Å²) in [5, 5.41) is 4.23. The van der Waals surface area contributed by atoms with Crippen molar-refractivity contribution in [2.45, 2.75) is 12.6 Å². The molecule has 0 aliphatic carbocycles. The Kier molecular flexibility index (Phi) is 3.00. The number of hydrogen-bond donors (Lipinski definition) is 1. The Morgan fingerprint density at radius 1 is 1.62 bits per heavy atom. The standard InChI is InChI=1S/C9H16N4O2S/c1-12-6-8-3-4-10-13(8)9(7-12)5-11-16(2,14)15/h3-4,9,11H,5-7H2,1-2H3/t9-/m0/s1. The van der Waals surface area contributed by atoms with Gasteiger partial charge in [-0.25, -0.2) is 13.1 Å². The summed E-state index contributed by atoms with van der Waals surface area (Å²) >= 11 is 0. The molecule has 1 N–H and O–H groups in total. The van der Waals surface area contributed by atoms with Gasteiger partial charge in [-0.3, -0.25) is 9.58 Å². The van der Waals surface area contributed by atoms with Crippen LogP contribution in [0.5, 0.6) is 0 Å². The molecular weight excluding hydrogens is 228 g/mol. The Hall–Kier alpha value is -0.920. The average molecular weight is 244 g/mol. The van der Waals surface area contributed by atoms with Crippen molar-refractivity contribution in [1.82, 2.24) is 19.4 Å². The minimum Gasteiger partial charge on any atom is -0.298 e. The Labute approximate surface area is 95.3 Å². The van der Waals surface area contributed by atoms with E-state index in [0.717, 1.165) is 18.8 Å². The maximum absolute atomic E-state index is 11.1. The van der Waals surface area contributed by atoms with Crippen molar-refractivity contribution in [3.8, 4) is 0 Å². The monoisotopic (exact) mass is 244 g/mol. The Morgan fingerprint density at radius 3 is 3.06 bits per heavy atom. The minimum atomic E-state index is -3.14. The van der Waals surface area contributed by atoms with Gasteiger partial charge in [0.2, 0.25) is 10.0 Å². The van der Waals surface area contributed by atoms with Crippen LogP contribution in [0, 0.1) is 0 Å². The van der Waals surface area contributed by atoms with Crippen LogP contribution in [0.3, 0.4) is 0 Å². The number of nitrogens with zero attached hydrogens (tertiary/aromatic N) is 3. The van der Waals surface area contributed by atoms with Gasteiger partial charge >= 0.3 is 0 Å². The summed E-state index contributed by atoms with van der Waals surface area (Å²) in [7, 11) is -1.12. The smallest absolute Gasteiger partial charge is 0.208 e. The predicted octanol–water partition coefficient (Wildman–Crippen LogP) is -0.581. The molecule has 2 heterocycles. The van der Waals surface area contributed by atoms with Crippen molar-refractivity contribution in [1.29, 1.82) is 0 Å². The van der Waals surface area contributed by atoms with Crippen LogP contribution in [-0.4, -0.2) is 49.5 Å². The van der Waals surface area contributed by atoms with Gasteiger partial charge in [0.1, 0.15) is 0 Å². The first-order valence-electron chi connectivity index (χ1n) is 5.11. The molecular formula is C9H16N4O2S. The zero-order valence-electron chi connectivity index (χ0n) is 9.42. The lowest BCUT2D eigenvalue weighted by molar-refractivity contribution is 0.210. The van der Waals surface area contributed by atoms with Crippen molar-refractivity contribution in [3.63, 3.8) is 0 Å². The number of fused-ring (bicyclic) bond motifs is 1. The van der Waals surface area contributed by atoms with E-state index >= 15 is 0 Å². The summed E-state index contributed by atoms with van der Waals surface area (Å²) in [4.78, 5) is 2.16. The van der Waals surface area contributed by atoms with Gasteiger partial charge < -0.3 is 0 Å². The first kappa shape index (κ1) is 11.6. The third-order valence-corrected chi connectivity index (χ3v) is 3.32. The van der Waals surface area contributed by atoms with E-state index in [9.17, 15) is 8.42 Å². The van der Waals surface area contributed by atoms with E-state index in [0.29, 0.717) is 6.54 Å². The van der Waals surface area contributed by atoms with Crippen LogP contribution < -0.4 is 4.72 Å². The van der Waals surface area contributed by atoms with Crippen LogP contribution in [0.15, 0.2) is 12.3 Å². The summed E-state index contributed by atoms with van der Waals surface area (Å²) < 4.78 is 26.5. The lowest BCUT2D eigenvalue weighted by Crippen LogP contribution is -2.41. The van der Waals surface area contributed by atoms with Gasteiger partial charge in [0.15, 0.2) is 0 Å². The second kappa shape index (κ2) is 4.15. The number of hydrogen-bond acceptors (Lipinski definition) is 4. The van der Waals surface area contributed by atoms with Crippen molar-refractivity contribution in [2.24, 2.45) is 0 Å². The molecule has 6 nitrogen and oxygen atoms in total. The highest BCUT2D eigenvalue weighted by molar-refractivity contribution is 7.88. The molecule has 1 aromatic rings. The summed E-state index contributed by atoms with van der Waals surface area (Å²) in [5.74, 6) is 0. The Bertz CT molecular complexity index is 468. The molecule has 1 aliphatic heterocycles. The van der Waals surface area contributed by atoms with E-state index in [4.69, 9.17) is 0 Å². The highest BCUT2D eigenvalue weighted by Crippen LogP contribution is 2.18. The summed E-state index contributed by atoms with van der Waals surface area (Å²) in [5.41, 5.74) is 1.12. The largest absolute Gasteiger partial charge is 0.298 e. The molecule has 0 radical (unpaired) electrons. The molecule has 0 fully saturated rings. The minimum absolute atomic E-state index is 0.0680. The fraction of sp³-hybridized carbons (Fsp3) is 0.667. The van der Waals surface area contributed by atoms with Crippen LogP contribution >= 0.6 is 0 Å². The van der Waals surface area contributed by atoms with Gasteiger partial charge in [-0.1, -0.05) is 0 Å². The number of likely N-dealkylation sites (N-methyl/N-ethyl adjacent to an activating group) is 1. The van der Waals surface area contributed by atoms with Gasteiger partial charge in [0.25, 0.3) is 0 Å². The van der Waals surface area contributed by atoms with Crippen molar-refractivity contribution < 1.29 is 8.42 Å². The van der Waals surface area contributed by atoms with E-state index in [1.54, 1.807) is 6.20 Å². The number of nitrogens with one attached hydrogen (secondary N) is 1. The second-order valence-electron chi connectivity index (χ2n) is 4.24. The molecule has 0 unspecified atom stereocenters. The normalized spacial score (nSPS) is 22.0. The second-order valence-corrected chi connectivity index (χ2v) is 6.07. The summed E-state index contributed by atoms with van der Waals surface area (Å²) in [6.45, 7) is 2.05. The van der Waals surface area contributed by atoms with Crippen LogP contribution in [-0.2, 0) is 16.6 Å². The predicted molar refractivity (Wildman–Crippen MR) is 60.4 cm³/mol. The highest BCUT2D eigenvalue weighted by atomic mass is 32.2. The van der Waals surface area contributed by atoms with Gasteiger partial charge in [-0.05, 0) is 13.1 Å². The van der Waals surface area contributed by atoms with Crippen molar-refractivity contribution in [2.75, 3.05) is 26.4 Å². The molecule has 0 saturated carbocycles. The fourth-order valence-electron chi connectivity index (χ4n) is 1.97. The third-order valence-electron chi connectivity index (χ3n) is 2.63. The van der Waals surface area contributed by atoms with Gasteiger partial charge in [0, 0.05) is 25.8 Å². The molecule has 90 valence electrons. The van der Waals surface area contributed by atoms with E-state index in [1.807, 2.05) is 17.8 Å². The molecule has 16 heavy (non-hydrogen) atoms. The Morgan fingerprint density at radius 2 is 2.38 bits per heavy atom. The molecule has 2 rings (SSSR count). The molecule has 0 bridgehead atoms. The molecule has 1 aromatic heterocycles. The number of rotatable bonds is 3. The van der Waals surface area contributed by atoms with Gasteiger partial charge in [0.05, 0.1) is 18.0 Å². The fourth-order valence-corrected chi connectivity index (χ4v) is 2.47. The number of aromatic nitrogens is 2. The topological polar surface area (TPSA) is 67.2 Å². The molecule has 0 aromatic carbocycles.